The lowest BCUT2D eigenvalue weighted by Crippen LogP contribution is -2.41. The number of aromatic nitrogens is 2. The molecule has 2 aliphatic rings. The number of piperidine rings is 1. The monoisotopic (exact) mass is 645 g/mol. The molecule has 1 unspecified atom stereocenters. The molecule has 2 saturated heterocycles. The maximum Gasteiger partial charge on any atom is 0.429 e. The second-order valence-electron chi connectivity index (χ2n) is 11.6. The first-order valence-electron chi connectivity index (χ1n) is 14.3. The second-order valence-corrected chi connectivity index (χ2v) is 13.6. The minimum atomic E-state index is -4.90. The number of halogens is 3. The smallest absolute Gasteiger partial charge is 0.429 e. The van der Waals surface area contributed by atoms with Gasteiger partial charge in [-0.25, -0.2) is 8.42 Å². The molecule has 2 atom stereocenters. The Morgan fingerprint density at radius 3 is 2.53 bits per heavy atom. The normalized spacial score (nSPS) is 19.2. The standard InChI is InChI=1S/C31H34F3N5O5S/c1-3-5-19-8-9-22(20-6-4-7-21(15-20)45(2,42)43)23(14-19)27(31(32,33)34)44-26-16-25(37-29(35)38-26)39-12-10-30(11-13-39)17-24(28(40)41)36-18-30/h3-9,14-16,24,27,36H,10-13,17-18H2,1-2H3,(H,40,41)(H2,35,37,38)/b5-3+/t24-,27?/m0/s1. The van der Waals surface area contributed by atoms with Crippen molar-refractivity contribution in [3.05, 3.63) is 65.7 Å². The summed E-state index contributed by atoms with van der Waals surface area (Å²) < 4.78 is 74.5. The second kappa shape index (κ2) is 12.3. The van der Waals surface area contributed by atoms with Crippen LogP contribution in [0.4, 0.5) is 24.9 Å². The van der Waals surface area contributed by atoms with Crippen LogP contribution in [-0.2, 0) is 14.6 Å². The molecule has 0 bridgehead atoms. The molecule has 2 aromatic carbocycles. The van der Waals surface area contributed by atoms with E-state index in [0.29, 0.717) is 50.3 Å². The number of rotatable bonds is 8. The highest BCUT2D eigenvalue weighted by molar-refractivity contribution is 7.90. The molecule has 1 aromatic heterocycles. The number of ether oxygens (including phenoxy) is 1. The van der Waals surface area contributed by atoms with Gasteiger partial charge in [0.15, 0.2) is 9.84 Å². The minimum absolute atomic E-state index is 0.0312. The van der Waals surface area contributed by atoms with Gasteiger partial charge in [-0.1, -0.05) is 36.4 Å². The van der Waals surface area contributed by atoms with E-state index in [0.717, 1.165) is 6.26 Å². The van der Waals surface area contributed by atoms with Crippen LogP contribution >= 0.6 is 0 Å². The summed E-state index contributed by atoms with van der Waals surface area (Å²) in [5.74, 6) is -1.22. The molecule has 10 nitrogen and oxygen atoms in total. The van der Waals surface area contributed by atoms with E-state index in [2.05, 4.69) is 15.3 Å². The van der Waals surface area contributed by atoms with Crippen LogP contribution in [0, 0.1) is 5.41 Å². The molecule has 0 saturated carbocycles. The third-order valence-corrected chi connectivity index (χ3v) is 9.45. The fourth-order valence-electron chi connectivity index (χ4n) is 6.01. The average Bonchev–Trinajstić information content (AvgIpc) is 3.39. The number of carboxylic acids is 1. The van der Waals surface area contributed by atoms with Crippen LogP contribution < -0.4 is 20.7 Å². The van der Waals surface area contributed by atoms with Gasteiger partial charge in [0.1, 0.15) is 11.9 Å². The molecule has 0 radical (unpaired) electrons. The average molecular weight is 646 g/mol. The number of allylic oxidation sites excluding steroid dienone is 1. The van der Waals surface area contributed by atoms with Crippen LogP contribution in [-0.4, -0.2) is 67.6 Å². The van der Waals surface area contributed by atoms with Crippen LogP contribution in [0.1, 0.15) is 43.4 Å². The highest BCUT2D eigenvalue weighted by atomic mass is 32.2. The van der Waals surface area contributed by atoms with Crippen molar-refractivity contribution in [3.8, 4) is 17.0 Å². The Morgan fingerprint density at radius 2 is 1.91 bits per heavy atom. The first kappa shape index (κ1) is 32.2. The van der Waals surface area contributed by atoms with E-state index in [1.807, 2.05) is 4.90 Å². The Balaban J connectivity index is 1.48. The molecule has 2 aliphatic heterocycles. The number of hydrogen-bond donors (Lipinski definition) is 3. The third-order valence-electron chi connectivity index (χ3n) is 8.34. The van der Waals surface area contributed by atoms with E-state index in [9.17, 15) is 31.5 Å². The number of aliphatic carboxylic acids is 1. The first-order chi connectivity index (χ1) is 21.2. The zero-order valence-corrected chi connectivity index (χ0v) is 25.5. The van der Waals surface area contributed by atoms with Crippen LogP contribution in [0.15, 0.2) is 59.5 Å². The van der Waals surface area contributed by atoms with Gasteiger partial charge in [-0.15, -0.1) is 0 Å². The SMILES string of the molecule is C/C=C/c1ccc(-c2cccc(S(C)(=O)=O)c2)c(C(Oc2cc(N3CCC4(CC3)CN[C@H](C(=O)O)C4)nc(N)n2)C(F)(F)F)c1. The summed E-state index contributed by atoms with van der Waals surface area (Å²) in [5, 5.41) is 12.4. The summed E-state index contributed by atoms with van der Waals surface area (Å²) in [4.78, 5) is 21.5. The van der Waals surface area contributed by atoms with Crippen molar-refractivity contribution in [2.24, 2.45) is 5.41 Å². The fraction of sp³-hybridized carbons (Fsp3) is 0.387. The Kier molecular flexibility index (Phi) is 8.82. The van der Waals surface area contributed by atoms with Crippen molar-refractivity contribution in [2.75, 3.05) is 36.5 Å². The summed E-state index contributed by atoms with van der Waals surface area (Å²) in [5.41, 5.74) is 6.44. The van der Waals surface area contributed by atoms with Gasteiger partial charge in [0.2, 0.25) is 17.9 Å². The maximum atomic E-state index is 14.8. The quantitative estimate of drug-likeness (QED) is 0.310. The van der Waals surface area contributed by atoms with Crippen molar-refractivity contribution in [3.63, 3.8) is 0 Å². The first-order valence-corrected chi connectivity index (χ1v) is 16.2. The molecule has 240 valence electrons. The molecule has 5 rings (SSSR count). The Bertz CT molecular complexity index is 1720. The van der Waals surface area contributed by atoms with Gasteiger partial charge in [0, 0.05) is 37.5 Å². The van der Waals surface area contributed by atoms with Crippen molar-refractivity contribution in [1.82, 2.24) is 15.3 Å². The largest absolute Gasteiger partial charge is 0.480 e. The van der Waals surface area contributed by atoms with Crippen LogP contribution in [0.2, 0.25) is 0 Å². The Hall–Kier alpha value is -4.17. The molecule has 1 spiro atoms. The van der Waals surface area contributed by atoms with Gasteiger partial charge < -0.3 is 25.8 Å². The number of nitrogen functional groups attached to an aromatic ring is 1. The summed E-state index contributed by atoms with van der Waals surface area (Å²) in [6, 6.07) is 10.9. The van der Waals surface area contributed by atoms with Gasteiger partial charge in [-0.2, -0.15) is 23.1 Å². The molecule has 3 aromatic rings. The van der Waals surface area contributed by atoms with E-state index >= 15 is 0 Å². The number of nitrogens with two attached hydrogens (primary N) is 1. The summed E-state index contributed by atoms with van der Waals surface area (Å²) in [6.45, 7) is 3.31. The highest BCUT2D eigenvalue weighted by Crippen LogP contribution is 2.43. The third kappa shape index (κ3) is 7.22. The fourth-order valence-corrected chi connectivity index (χ4v) is 6.68. The number of anilines is 2. The molecule has 0 aliphatic carbocycles. The number of carboxylic acid groups (broad SMARTS) is 1. The minimum Gasteiger partial charge on any atom is -0.480 e. The van der Waals surface area contributed by atoms with Crippen molar-refractivity contribution in [2.45, 2.75) is 49.4 Å². The molecular weight excluding hydrogens is 611 g/mol. The number of hydrogen-bond acceptors (Lipinski definition) is 9. The molecular formula is C31H34F3N5O5S. The Labute approximate surface area is 259 Å². The molecule has 2 fully saturated rings. The lowest BCUT2D eigenvalue weighted by molar-refractivity contribution is -0.198. The molecule has 4 N–H and O–H groups in total. The van der Waals surface area contributed by atoms with Crippen LogP contribution in [0.3, 0.4) is 0 Å². The van der Waals surface area contributed by atoms with E-state index in [-0.39, 0.29) is 38.8 Å². The number of benzene rings is 2. The van der Waals surface area contributed by atoms with Gasteiger partial charge >= 0.3 is 12.1 Å². The lowest BCUT2D eigenvalue weighted by Gasteiger charge is -2.39. The number of sulfone groups is 1. The molecule has 0 amide bonds. The number of nitrogens with zero attached hydrogens (tertiary/aromatic N) is 3. The predicted octanol–water partition coefficient (Wildman–Crippen LogP) is 4.88. The van der Waals surface area contributed by atoms with Crippen molar-refractivity contribution >= 4 is 33.6 Å². The Morgan fingerprint density at radius 1 is 1.18 bits per heavy atom. The predicted molar refractivity (Wildman–Crippen MR) is 163 cm³/mol. The highest BCUT2D eigenvalue weighted by Gasteiger charge is 2.46. The van der Waals surface area contributed by atoms with Gasteiger partial charge in [0.25, 0.3) is 0 Å². The topological polar surface area (TPSA) is 148 Å². The lowest BCUT2D eigenvalue weighted by atomic mass is 9.76. The van der Waals surface area contributed by atoms with Crippen molar-refractivity contribution < 1.29 is 36.2 Å². The van der Waals surface area contributed by atoms with E-state index in [4.69, 9.17) is 10.5 Å². The molecule has 14 heteroatoms. The van der Waals surface area contributed by atoms with Gasteiger partial charge in [0.05, 0.1) is 4.90 Å². The van der Waals surface area contributed by atoms with E-state index < -0.39 is 34.1 Å². The van der Waals surface area contributed by atoms with Crippen LogP contribution in [0.5, 0.6) is 5.88 Å². The number of nitrogens with one attached hydrogen (secondary N) is 1. The van der Waals surface area contributed by atoms with Crippen LogP contribution in [0.25, 0.3) is 17.2 Å². The summed E-state index contributed by atoms with van der Waals surface area (Å²) >= 11 is 0. The molecule has 45 heavy (non-hydrogen) atoms. The van der Waals surface area contributed by atoms with E-state index in [1.165, 1.54) is 36.4 Å². The zero-order valence-electron chi connectivity index (χ0n) is 24.7. The zero-order chi connectivity index (χ0) is 32.6. The molecule has 3 heterocycles. The summed E-state index contributed by atoms with van der Waals surface area (Å²) in [7, 11) is -3.62. The number of alkyl halides is 3. The van der Waals surface area contributed by atoms with E-state index in [1.54, 1.807) is 31.2 Å². The van der Waals surface area contributed by atoms with Gasteiger partial charge in [-0.05, 0) is 66.5 Å². The van der Waals surface area contributed by atoms with Gasteiger partial charge in [-0.3, -0.25) is 4.79 Å². The summed E-state index contributed by atoms with van der Waals surface area (Å²) in [6.07, 6.45) is -1.17. The van der Waals surface area contributed by atoms with Crippen molar-refractivity contribution in [1.29, 1.82) is 0 Å². The maximum absolute atomic E-state index is 14.8. The number of carbonyl (C=O) groups is 1.